The fourth-order valence-corrected chi connectivity index (χ4v) is 3.49. The van der Waals surface area contributed by atoms with E-state index in [1.165, 1.54) is 19.3 Å². The van der Waals surface area contributed by atoms with E-state index >= 15 is 0 Å². The molecule has 0 unspecified atom stereocenters. The van der Waals surface area contributed by atoms with E-state index < -0.39 is 0 Å². The monoisotopic (exact) mass is 377 g/mol. The van der Waals surface area contributed by atoms with Gasteiger partial charge in [-0.05, 0) is 61.0 Å². The van der Waals surface area contributed by atoms with Crippen molar-refractivity contribution < 1.29 is 9.53 Å². The van der Waals surface area contributed by atoms with Gasteiger partial charge in [-0.1, -0.05) is 45.7 Å². The normalized spacial score (nSPS) is 19.7. The highest BCUT2D eigenvalue weighted by Crippen LogP contribution is 2.27. The highest BCUT2D eigenvalue weighted by atomic mass is 32.1. The maximum absolute atomic E-state index is 12.1. The summed E-state index contributed by atoms with van der Waals surface area (Å²) in [6.07, 6.45) is 4.84. The molecule has 2 rings (SSSR count). The Morgan fingerprint density at radius 1 is 1.27 bits per heavy atom. The molecule has 1 aliphatic carbocycles. The van der Waals surface area contributed by atoms with Crippen LogP contribution in [0.5, 0.6) is 5.75 Å². The average Bonchev–Trinajstić information content (AvgIpc) is 2.60. The van der Waals surface area contributed by atoms with Gasteiger partial charge in [0.2, 0.25) is 0 Å². The summed E-state index contributed by atoms with van der Waals surface area (Å²) in [5.41, 5.74) is 7.58. The Morgan fingerprint density at radius 2 is 2.00 bits per heavy atom. The Bertz CT molecular complexity index is 633. The van der Waals surface area contributed by atoms with Crippen LogP contribution >= 0.6 is 12.2 Å². The third-order valence-corrected chi connectivity index (χ3v) is 5.11. The number of nitrogens with one attached hydrogen (secondary N) is 3. The molecule has 26 heavy (non-hydrogen) atoms. The second-order valence-electron chi connectivity index (χ2n) is 7.50. The van der Waals surface area contributed by atoms with Crippen molar-refractivity contribution in [2.45, 2.75) is 65.3 Å². The summed E-state index contributed by atoms with van der Waals surface area (Å²) in [5, 5.41) is 3.75. The minimum absolute atomic E-state index is 0.0569. The van der Waals surface area contributed by atoms with E-state index in [9.17, 15) is 4.79 Å². The van der Waals surface area contributed by atoms with Gasteiger partial charge in [0.05, 0.1) is 0 Å². The molecule has 1 aromatic carbocycles. The van der Waals surface area contributed by atoms with Gasteiger partial charge >= 0.3 is 0 Å². The molecule has 1 aliphatic rings. The van der Waals surface area contributed by atoms with Crippen molar-refractivity contribution >= 4 is 23.2 Å². The first kappa shape index (κ1) is 20.5. The largest absolute Gasteiger partial charge is 0.483 e. The molecular weight excluding hydrogens is 346 g/mol. The minimum atomic E-state index is -0.262. The van der Waals surface area contributed by atoms with Crippen molar-refractivity contribution in [2.24, 2.45) is 5.92 Å². The summed E-state index contributed by atoms with van der Waals surface area (Å²) in [7, 11) is 0. The lowest BCUT2D eigenvalue weighted by Crippen LogP contribution is -2.52. The van der Waals surface area contributed by atoms with Gasteiger partial charge in [0, 0.05) is 6.04 Å². The highest BCUT2D eigenvalue weighted by molar-refractivity contribution is 7.80. The molecule has 1 amide bonds. The lowest BCUT2D eigenvalue weighted by molar-refractivity contribution is -0.123. The van der Waals surface area contributed by atoms with Gasteiger partial charge in [-0.2, -0.15) is 0 Å². The van der Waals surface area contributed by atoms with Crippen molar-refractivity contribution in [1.82, 2.24) is 16.2 Å². The van der Waals surface area contributed by atoms with Gasteiger partial charge in [0.1, 0.15) is 5.75 Å². The fourth-order valence-electron chi connectivity index (χ4n) is 3.28. The molecule has 1 fully saturated rings. The Morgan fingerprint density at radius 3 is 2.69 bits per heavy atom. The van der Waals surface area contributed by atoms with E-state index in [0.717, 1.165) is 23.3 Å². The molecule has 0 radical (unpaired) electrons. The molecule has 3 N–H and O–H groups in total. The van der Waals surface area contributed by atoms with Crippen LogP contribution in [0.25, 0.3) is 0 Å². The van der Waals surface area contributed by atoms with Gasteiger partial charge in [0.25, 0.3) is 5.91 Å². The molecule has 2 atom stereocenters. The number of carbonyl (C=O) groups excluding carboxylic acids is 1. The molecular formula is C20H31N3O2S. The number of ether oxygens (including phenoxy) is 1. The Labute approximate surface area is 162 Å². The van der Waals surface area contributed by atoms with Gasteiger partial charge < -0.3 is 10.1 Å². The van der Waals surface area contributed by atoms with Crippen molar-refractivity contribution in [2.75, 3.05) is 6.61 Å². The molecule has 5 nitrogen and oxygen atoms in total. The number of aryl methyl sites for hydroxylation is 1. The number of benzene rings is 1. The van der Waals surface area contributed by atoms with E-state index in [2.05, 4.69) is 49.1 Å². The summed E-state index contributed by atoms with van der Waals surface area (Å²) in [6, 6.07) is 6.45. The third-order valence-electron chi connectivity index (χ3n) is 4.89. The Kier molecular flexibility index (Phi) is 7.69. The zero-order valence-corrected chi connectivity index (χ0v) is 17.0. The Balaban J connectivity index is 1.77. The predicted molar refractivity (Wildman–Crippen MR) is 109 cm³/mol. The summed E-state index contributed by atoms with van der Waals surface area (Å²) in [6.45, 7) is 8.40. The van der Waals surface area contributed by atoms with Crippen LogP contribution in [0, 0.1) is 12.8 Å². The second kappa shape index (κ2) is 9.76. The maximum atomic E-state index is 12.1. The van der Waals surface area contributed by atoms with Crippen molar-refractivity contribution in [1.29, 1.82) is 0 Å². The molecule has 6 heteroatoms. The van der Waals surface area contributed by atoms with E-state index in [4.69, 9.17) is 17.0 Å². The molecule has 0 aromatic heterocycles. The Hall–Kier alpha value is -1.82. The van der Waals surface area contributed by atoms with Gasteiger partial charge in [-0.3, -0.25) is 15.6 Å². The number of amides is 1. The standard InChI is InChI=1S/C20H31N3O2S/c1-13(2)16-10-9-14(3)11-18(16)25-12-19(24)22-23-20(26)21-17-8-6-5-7-15(17)4/h9-11,13,15,17H,5-8,12H2,1-4H3,(H,22,24)(H2,21,23,26)/t15-,17+/m1/s1. The molecule has 0 spiro atoms. The van der Waals surface area contributed by atoms with Gasteiger partial charge in [-0.25, -0.2) is 0 Å². The second-order valence-corrected chi connectivity index (χ2v) is 7.91. The first-order valence-corrected chi connectivity index (χ1v) is 9.86. The number of hydrogen-bond donors (Lipinski definition) is 3. The number of rotatable bonds is 5. The number of thiocarbonyl (C=S) groups is 1. The van der Waals surface area contributed by atoms with Crippen LogP contribution in [-0.4, -0.2) is 23.7 Å². The molecule has 0 heterocycles. The van der Waals surface area contributed by atoms with E-state index in [1.807, 2.05) is 13.0 Å². The number of hydrogen-bond acceptors (Lipinski definition) is 3. The molecule has 0 saturated heterocycles. The fraction of sp³-hybridized carbons (Fsp3) is 0.600. The number of hydrazine groups is 1. The maximum Gasteiger partial charge on any atom is 0.276 e. The quantitative estimate of drug-likeness (QED) is 0.541. The summed E-state index contributed by atoms with van der Waals surface area (Å²) < 4.78 is 5.72. The van der Waals surface area contributed by atoms with Crippen LogP contribution in [-0.2, 0) is 4.79 Å². The first-order valence-electron chi connectivity index (χ1n) is 9.45. The molecule has 0 bridgehead atoms. The van der Waals surface area contributed by atoms with Crippen molar-refractivity contribution in [3.8, 4) is 5.75 Å². The van der Waals surface area contributed by atoms with Crippen LogP contribution in [0.2, 0.25) is 0 Å². The molecule has 144 valence electrons. The zero-order chi connectivity index (χ0) is 19.1. The average molecular weight is 378 g/mol. The topological polar surface area (TPSA) is 62.4 Å². The van der Waals surface area contributed by atoms with E-state index in [1.54, 1.807) is 0 Å². The third kappa shape index (κ3) is 6.16. The SMILES string of the molecule is Cc1ccc(C(C)C)c(OCC(=O)NNC(=S)N[C@H]2CCCC[C@H]2C)c1. The molecule has 0 aliphatic heterocycles. The lowest BCUT2D eigenvalue weighted by Gasteiger charge is -2.30. The van der Waals surface area contributed by atoms with Gasteiger partial charge in [-0.15, -0.1) is 0 Å². The van der Waals surface area contributed by atoms with Crippen molar-refractivity contribution in [3.05, 3.63) is 29.3 Å². The van der Waals surface area contributed by atoms with Crippen molar-refractivity contribution in [3.63, 3.8) is 0 Å². The van der Waals surface area contributed by atoms with Crippen LogP contribution in [0.4, 0.5) is 0 Å². The van der Waals surface area contributed by atoms with Crippen LogP contribution < -0.4 is 20.9 Å². The summed E-state index contributed by atoms with van der Waals surface area (Å²) in [5.74, 6) is 1.42. The summed E-state index contributed by atoms with van der Waals surface area (Å²) >= 11 is 5.28. The van der Waals surface area contributed by atoms with Crippen LogP contribution in [0.3, 0.4) is 0 Å². The highest BCUT2D eigenvalue weighted by Gasteiger charge is 2.21. The molecule has 1 aromatic rings. The summed E-state index contributed by atoms with van der Waals surface area (Å²) in [4.78, 5) is 12.1. The first-order chi connectivity index (χ1) is 12.4. The van der Waals surface area contributed by atoms with Crippen LogP contribution in [0.1, 0.15) is 63.5 Å². The smallest absolute Gasteiger partial charge is 0.276 e. The lowest BCUT2D eigenvalue weighted by atomic mass is 9.86. The number of carbonyl (C=O) groups is 1. The predicted octanol–water partition coefficient (Wildman–Crippen LogP) is 3.57. The minimum Gasteiger partial charge on any atom is -0.483 e. The van der Waals surface area contributed by atoms with Gasteiger partial charge in [0.15, 0.2) is 11.7 Å². The molecule has 1 saturated carbocycles. The van der Waals surface area contributed by atoms with E-state index in [-0.39, 0.29) is 12.5 Å². The van der Waals surface area contributed by atoms with E-state index in [0.29, 0.717) is 23.0 Å². The zero-order valence-electron chi connectivity index (χ0n) is 16.2. The van der Waals surface area contributed by atoms with Crippen LogP contribution in [0.15, 0.2) is 18.2 Å².